The Balaban J connectivity index is 2.08. The predicted octanol–water partition coefficient (Wildman–Crippen LogP) is 3.22. The Labute approximate surface area is 115 Å². The van der Waals surface area contributed by atoms with Gasteiger partial charge in [0, 0.05) is 15.8 Å². The van der Waals surface area contributed by atoms with Gasteiger partial charge in [0.05, 0.1) is 7.11 Å². The Kier molecular flexibility index (Phi) is 4.77. The van der Waals surface area contributed by atoms with Gasteiger partial charge in [0.2, 0.25) is 0 Å². The lowest BCUT2D eigenvalue weighted by molar-refractivity contribution is 0.407. The average molecular weight is 316 g/mol. The molecule has 0 aromatic heterocycles. The minimum atomic E-state index is 0.227. The number of nitrogens with two attached hydrogens (primary N) is 1. The fourth-order valence-corrected chi connectivity index (χ4v) is 3.95. The molecule has 0 aliphatic carbocycles. The number of benzene rings is 1. The summed E-state index contributed by atoms with van der Waals surface area (Å²) in [5.41, 5.74) is 7.49. The Bertz CT molecular complexity index is 380. The van der Waals surface area contributed by atoms with Crippen molar-refractivity contribution in [2.75, 3.05) is 12.9 Å². The normalized spacial score (nSPS) is 21.5. The molecule has 2 N–H and O–H groups in total. The first-order valence-corrected chi connectivity index (χ1v) is 7.74. The molecular weight excluding hydrogens is 298 g/mol. The molecule has 0 radical (unpaired) electrons. The number of hydrogen-bond donors (Lipinski definition) is 1. The van der Waals surface area contributed by atoms with Gasteiger partial charge in [-0.15, -0.1) is 0 Å². The summed E-state index contributed by atoms with van der Waals surface area (Å²) in [7, 11) is 1.71. The predicted molar refractivity (Wildman–Crippen MR) is 77.9 cm³/mol. The van der Waals surface area contributed by atoms with Crippen molar-refractivity contribution in [3.8, 4) is 5.75 Å². The van der Waals surface area contributed by atoms with Gasteiger partial charge >= 0.3 is 0 Å². The smallest absolute Gasteiger partial charge is 0.122 e. The molecule has 1 aromatic rings. The summed E-state index contributed by atoms with van der Waals surface area (Å²) >= 11 is 5.51. The van der Waals surface area contributed by atoms with Gasteiger partial charge in [0.15, 0.2) is 0 Å². The fraction of sp³-hybridized carbons (Fsp3) is 0.538. The number of halogens is 1. The van der Waals surface area contributed by atoms with Crippen molar-refractivity contribution in [2.45, 2.75) is 30.6 Å². The maximum Gasteiger partial charge on any atom is 0.122 e. The van der Waals surface area contributed by atoms with Gasteiger partial charge in [-0.1, -0.05) is 15.9 Å². The van der Waals surface area contributed by atoms with E-state index < -0.39 is 0 Å². The zero-order valence-electron chi connectivity index (χ0n) is 9.99. The maximum atomic E-state index is 6.29. The summed E-state index contributed by atoms with van der Waals surface area (Å²) in [5, 5.41) is 0.610. The van der Waals surface area contributed by atoms with Crippen LogP contribution in [0.25, 0.3) is 0 Å². The topological polar surface area (TPSA) is 35.2 Å². The minimum absolute atomic E-state index is 0.227. The van der Waals surface area contributed by atoms with Crippen LogP contribution in [0.5, 0.6) is 5.75 Å². The Morgan fingerprint density at radius 3 is 3.06 bits per heavy atom. The first-order valence-electron chi connectivity index (χ1n) is 5.90. The van der Waals surface area contributed by atoms with Gasteiger partial charge in [-0.05, 0) is 48.8 Å². The van der Waals surface area contributed by atoms with Crippen LogP contribution in [-0.4, -0.2) is 24.2 Å². The third-order valence-electron chi connectivity index (χ3n) is 3.14. The minimum Gasteiger partial charge on any atom is -0.496 e. The molecule has 1 aromatic carbocycles. The third-order valence-corrected chi connectivity index (χ3v) is 5.17. The second kappa shape index (κ2) is 6.12. The molecule has 1 aliphatic rings. The van der Waals surface area contributed by atoms with Crippen molar-refractivity contribution in [3.05, 3.63) is 28.2 Å². The molecule has 2 nitrogen and oxygen atoms in total. The van der Waals surface area contributed by atoms with Crippen LogP contribution < -0.4 is 10.5 Å². The highest BCUT2D eigenvalue weighted by molar-refractivity contribution is 9.10. The molecule has 0 spiro atoms. The Morgan fingerprint density at radius 2 is 2.41 bits per heavy atom. The van der Waals surface area contributed by atoms with Crippen molar-refractivity contribution in [2.24, 2.45) is 5.73 Å². The van der Waals surface area contributed by atoms with Crippen LogP contribution in [0.4, 0.5) is 0 Å². The lowest BCUT2D eigenvalue weighted by atomic mass is 10.0. The van der Waals surface area contributed by atoms with Crippen molar-refractivity contribution >= 4 is 27.7 Å². The van der Waals surface area contributed by atoms with Gasteiger partial charge < -0.3 is 10.5 Å². The van der Waals surface area contributed by atoms with Crippen LogP contribution in [-0.2, 0) is 6.42 Å². The van der Waals surface area contributed by atoms with E-state index in [1.165, 1.54) is 24.2 Å². The van der Waals surface area contributed by atoms with E-state index in [1.807, 2.05) is 23.9 Å². The standard InChI is InChI=1S/C13H18BrNOS/c1-16-12-5-4-10(14)7-9(12)8-11(15)13-3-2-6-17-13/h4-5,7,11,13H,2-3,6,8,15H2,1H3. The van der Waals surface area contributed by atoms with E-state index in [0.717, 1.165) is 16.6 Å². The van der Waals surface area contributed by atoms with Gasteiger partial charge in [-0.25, -0.2) is 0 Å². The lowest BCUT2D eigenvalue weighted by Gasteiger charge is -2.19. The molecule has 1 aliphatic heterocycles. The van der Waals surface area contributed by atoms with Crippen LogP contribution in [0.15, 0.2) is 22.7 Å². The zero-order valence-corrected chi connectivity index (χ0v) is 12.4. The Morgan fingerprint density at radius 1 is 1.59 bits per heavy atom. The quantitative estimate of drug-likeness (QED) is 0.926. The van der Waals surface area contributed by atoms with Gasteiger partial charge in [0.25, 0.3) is 0 Å². The summed E-state index contributed by atoms with van der Waals surface area (Å²) in [4.78, 5) is 0. The molecule has 17 heavy (non-hydrogen) atoms. The van der Waals surface area contributed by atoms with E-state index >= 15 is 0 Å². The highest BCUT2D eigenvalue weighted by Crippen LogP contribution is 2.31. The summed E-state index contributed by atoms with van der Waals surface area (Å²) in [5.74, 6) is 2.19. The summed E-state index contributed by atoms with van der Waals surface area (Å²) < 4.78 is 6.46. The second-order valence-corrected chi connectivity index (χ2v) is 6.64. The van der Waals surface area contributed by atoms with Crippen molar-refractivity contribution in [3.63, 3.8) is 0 Å². The second-order valence-electron chi connectivity index (χ2n) is 4.38. The SMILES string of the molecule is COc1ccc(Br)cc1CC(N)C1CCCS1. The first kappa shape index (κ1) is 13.2. The molecule has 2 unspecified atom stereocenters. The van der Waals surface area contributed by atoms with E-state index in [0.29, 0.717) is 5.25 Å². The van der Waals surface area contributed by atoms with E-state index in [1.54, 1.807) is 7.11 Å². The first-order chi connectivity index (χ1) is 8.20. The molecule has 2 rings (SSSR count). The van der Waals surface area contributed by atoms with Crippen LogP contribution in [0.1, 0.15) is 18.4 Å². The fourth-order valence-electron chi connectivity index (χ4n) is 2.23. The van der Waals surface area contributed by atoms with Crippen LogP contribution in [0.2, 0.25) is 0 Å². The van der Waals surface area contributed by atoms with Crippen molar-refractivity contribution in [1.82, 2.24) is 0 Å². The summed E-state index contributed by atoms with van der Waals surface area (Å²) in [6.07, 6.45) is 3.45. The molecule has 1 saturated heterocycles. The van der Waals surface area contributed by atoms with Crippen LogP contribution >= 0.6 is 27.7 Å². The number of rotatable bonds is 4. The van der Waals surface area contributed by atoms with E-state index in [4.69, 9.17) is 10.5 Å². The zero-order chi connectivity index (χ0) is 12.3. The summed E-state index contributed by atoms with van der Waals surface area (Å²) in [6.45, 7) is 0. The number of methoxy groups -OCH3 is 1. The molecule has 0 amide bonds. The molecule has 0 saturated carbocycles. The highest BCUT2D eigenvalue weighted by atomic mass is 79.9. The van der Waals surface area contributed by atoms with Gasteiger partial charge in [-0.2, -0.15) is 11.8 Å². The maximum absolute atomic E-state index is 6.29. The number of thioether (sulfide) groups is 1. The van der Waals surface area contributed by atoms with E-state index in [-0.39, 0.29) is 6.04 Å². The highest BCUT2D eigenvalue weighted by Gasteiger charge is 2.23. The number of ether oxygens (including phenoxy) is 1. The third kappa shape index (κ3) is 3.39. The number of hydrogen-bond acceptors (Lipinski definition) is 3. The van der Waals surface area contributed by atoms with Crippen LogP contribution in [0, 0.1) is 0 Å². The van der Waals surface area contributed by atoms with E-state index in [9.17, 15) is 0 Å². The summed E-state index contributed by atoms with van der Waals surface area (Å²) in [6, 6.07) is 6.33. The van der Waals surface area contributed by atoms with Gasteiger partial charge in [0.1, 0.15) is 5.75 Å². The molecular formula is C13H18BrNOS. The van der Waals surface area contributed by atoms with Crippen molar-refractivity contribution in [1.29, 1.82) is 0 Å². The molecule has 1 heterocycles. The molecule has 94 valence electrons. The monoisotopic (exact) mass is 315 g/mol. The van der Waals surface area contributed by atoms with Crippen LogP contribution in [0.3, 0.4) is 0 Å². The molecule has 0 bridgehead atoms. The van der Waals surface area contributed by atoms with E-state index in [2.05, 4.69) is 22.0 Å². The Hall–Kier alpha value is -0.190. The largest absolute Gasteiger partial charge is 0.496 e. The average Bonchev–Trinajstić information content (AvgIpc) is 2.83. The van der Waals surface area contributed by atoms with Gasteiger partial charge in [-0.3, -0.25) is 0 Å². The molecule has 4 heteroatoms. The molecule has 2 atom stereocenters. The van der Waals surface area contributed by atoms with Crippen molar-refractivity contribution < 1.29 is 4.74 Å². The lowest BCUT2D eigenvalue weighted by Crippen LogP contribution is -2.33. The molecule has 1 fully saturated rings.